The molecule has 0 bridgehead atoms. The lowest BCUT2D eigenvalue weighted by atomic mass is 10.2. The molecule has 0 spiro atoms. The number of para-hydroxylation sites is 1. The highest BCUT2D eigenvalue weighted by atomic mass is 35.5. The molecule has 3 aromatic rings. The van der Waals surface area contributed by atoms with E-state index >= 15 is 0 Å². The summed E-state index contributed by atoms with van der Waals surface area (Å²) in [5.74, 6) is -0.0348. The lowest BCUT2D eigenvalue weighted by molar-refractivity contribution is 0.0741. The van der Waals surface area contributed by atoms with Gasteiger partial charge in [-0.25, -0.2) is 0 Å². The Morgan fingerprint density at radius 2 is 1.61 bits per heavy atom. The summed E-state index contributed by atoms with van der Waals surface area (Å²) in [5, 5.41) is 3.97. The number of hydrogen-bond donors (Lipinski definition) is 1. The van der Waals surface area contributed by atoms with E-state index in [1.54, 1.807) is 12.3 Å². The molecule has 2 heterocycles. The molecule has 0 atom stereocenters. The van der Waals surface area contributed by atoms with Gasteiger partial charge in [-0.3, -0.25) is 9.78 Å². The maximum atomic E-state index is 12.9. The van der Waals surface area contributed by atoms with E-state index < -0.39 is 0 Å². The summed E-state index contributed by atoms with van der Waals surface area (Å²) >= 11 is 5.93. The van der Waals surface area contributed by atoms with Crippen LogP contribution in [0.2, 0.25) is 5.02 Å². The van der Waals surface area contributed by atoms with Gasteiger partial charge in [0.15, 0.2) is 0 Å². The van der Waals surface area contributed by atoms with Gasteiger partial charge in [0.05, 0.1) is 0 Å². The van der Waals surface area contributed by atoms with Crippen LogP contribution in [0.4, 0.5) is 17.1 Å². The zero-order valence-electron chi connectivity index (χ0n) is 15.4. The highest BCUT2D eigenvalue weighted by Gasteiger charge is 2.23. The Labute approximate surface area is 169 Å². The standard InChI is InChI=1S/C22H21ClN4O/c23-17-6-8-18(9-7-17)25-19-10-11-24-21(16-19)22(28)27-14-12-26(13-15-27)20-4-2-1-3-5-20/h1-11,16H,12-15H2,(H,24,25). The van der Waals surface area contributed by atoms with E-state index in [0.29, 0.717) is 23.8 Å². The fourth-order valence-corrected chi connectivity index (χ4v) is 3.42. The van der Waals surface area contributed by atoms with E-state index in [0.717, 1.165) is 24.5 Å². The molecule has 0 saturated carbocycles. The van der Waals surface area contributed by atoms with Crippen molar-refractivity contribution in [3.8, 4) is 0 Å². The number of piperazine rings is 1. The first-order chi connectivity index (χ1) is 13.7. The largest absolute Gasteiger partial charge is 0.368 e. The number of nitrogens with zero attached hydrogens (tertiary/aromatic N) is 3. The minimum atomic E-state index is -0.0348. The summed E-state index contributed by atoms with van der Waals surface area (Å²) in [6, 6.07) is 21.4. The van der Waals surface area contributed by atoms with E-state index in [9.17, 15) is 4.79 Å². The molecular weight excluding hydrogens is 372 g/mol. The van der Waals surface area contributed by atoms with Gasteiger partial charge in [-0.2, -0.15) is 0 Å². The summed E-state index contributed by atoms with van der Waals surface area (Å²) in [7, 11) is 0. The molecule has 0 aliphatic carbocycles. The van der Waals surface area contributed by atoms with Crippen LogP contribution in [-0.2, 0) is 0 Å². The number of carbonyl (C=O) groups excluding carboxylic acids is 1. The number of carbonyl (C=O) groups is 1. The third kappa shape index (κ3) is 4.26. The predicted molar refractivity (Wildman–Crippen MR) is 114 cm³/mol. The Morgan fingerprint density at radius 1 is 0.893 bits per heavy atom. The SMILES string of the molecule is O=C(c1cc(Nc2ccc(Cl)cc2)ccn1)N1CCN(c2ccccc2)CC1. The molecule has 1 amide bonds. The Bertz CT molecular complexity index is 938. The summed E-state index contributed by atoms with van der Waals surface area (Å²) in [4.78, 5) is 21.3. The molecule has 6 heteroatoms. The Kier molecular flexibility index (Phi) is 5.44. The van der Waals surface area contributed by atoms with Crippen LogP contribution in [0.3, 0.4) is 0 Å². The number of rotatable bonds is 4. The molecule has 1 saturated heterocycles. The monoisotopic (exact) mass is 392 g/mol. The molecule has 0 unspecified atom stereocenters. The summed E-state index contributed by atoms with van der Waals surface area (Å²) < 4.78 is 0. The molecule has 4 rings (SSSR count). The second kappa shape index (κ2) is 8.31. The number of pyridine rings is 1. The van der Waals surface area contributed by atoms with Gasteiger partial charge in [-0.15, -0.1) is 0 Å². The van der Waals surface area contributed by atoms with Crippen LogP contribution in [0.25, 0.3) is 0 Å². The normalized spacial score (nSPS) is 14.0. The van der Waals surface area contributed by atoms with E-state index in [-0.39, 0.29) is 5.91 Å². The Morgan fingerprint density at radius 3 is 2.32 bits per heavy atom. The molecule has 1 fully saturated rings. The van der Waals surface area contributed by atoms with Crippen LogP contribution < -0.4 is 10.2 Å². The number of anilines is 3. The van der Waals surface area contributed by atoms with Gasteiger partial charge < -0.3 is 15.1 Å². The molecule has 1 N–H and O–H groups in total. The number of aromatic nitrogens is 1. The second-order valence-electron chi connectivity index (χ2n) is 6.68. The molecule has 0 radical (unpaired) electrons. The average molecular weight is 393 g/mol. The number of hydrogen-bond acceptors (Lipinski definition) is 4. The molecule has 1 aliphatic rings. The van der Waals surface area contributed by atoms with Crippen LogP contribution >= 0.6 is 11.6 Å². The zero-order valence-corrected chi connectivity index (χ0v) is 16.1. The van der Waals surface area contributed by atoms with Gasteiger partial charge in [0.25, 0.3) is 5.91 Å². The topological polar surface area (TPSA) is 48.5 Å². The third-order valence-electron chi connectivity index (χ3n) is 4.80. The molecule has 142 valence electrons. The van der Waals surface area contributed by atoms with Crippen LogP contribution in [0, 0.1) is 0 Å². The van der Waals surface area contributed by atoms with Gasteiger partial charge in [0, 0.05) is 54.5 Å². The molecule has 1 aromatic heterocycles. The number of benzene rings is 2. The third-order valence-corrected chi connectivity index (χ3v) is 5.05. The van der Waals surface area contributed by atoms with E-state index in [1.165, 1.54) is 5.69 Å². The van der Waals surface area contributed by atoms with Crippen LogP contribution in [0.5, 0.6) is 0 Å². The molecule has 1 aliphatic heterocycles. The number of halogens is 1. The summed E-state index contributed by atoms with van der Waals surface area (Å²) in [6.07, 6.45) is 1.66. The van der Waals surface area contributed by atoms with Crippen molar-refractivity contribution < 1.29 is 4.79 Å². The van der Waals surface area contributed by atoms with Crippen LogP contribution in [0.15, 0.2) is 72.9 Å². The first-order valence-corrected chi connectivity index (χ1v) is 9.65. The van der Waals surface area contributed by atoms with Crippen molar-refractivity contribution in [2.24, 2.45) is 0 Å². The zero-order chi connectivity index (χ0) is 19.3. The first-order valence-electron chi connectivity index (χ1n) is 9.27. The predicted octanol–water partition coefficient (Wildman–Crippen LogP) is 4.44. The van der Waals surface area contributed by atoms with E-state index in [4.69, 9.17) is 11.6 Å². The van der Waals surface area contributed by atoms with Crippen molar-refractivity contribution in [1.29, 1.82) is 0 Å². The minimum absolute atomic E-state index is 0.0348. The van der Waals surface area contributed by atoms with Crippen molar-refractivity contribution in [1.82, 2.24) is 9.88 Å². The quantitative estimate of drug-likeness (QED) is 0.713. The molecule has 2 aromatic carbocycles. The van der Waals surface area contributed by atoms with Gasteiger partial charge in [0.2, 0.25) is 0 Å². The molecule has 5 nitrogen and oxygen atoms in total. The van der Waals surface area contributed by atoms with E-state index in [1.807, 2.05) is 53.4 Å². The summed E-state index contributed by atoms with van der Waals surface area (Å²) in [5.41, 5.74) is 3.38. The first kappa shape index (κ1) is 18.3. The van der Waals surface area contributed by atoms with Gasteiger partial charge >= 0.3 is 0 Å². The van der Waals surface area contributed by atoms with Crippen molar-refractivity contribution >= 4 is 34.6 Å². The summed E-state index contributed by atoms with van der Waals surface area (Å²) in [6.45, 7) is 3.01. The Balaban J connectivity index is 1.40. The maximum Gasteiger partial charge on any atom is 0.272 e. The van der Waals surface area contributed by atoms with Gasteiger partial charge in [-0.1, -0.05) is 29.8 Å². The lowest BCUT2D eigenvalue weighted by Gasteiger charge is -2.36. The number of nitrogens with one attached hydrogen (secondary N) is 1. The van der Waals surface area contributed by atoms with Crippen molar-refractivity contribution in [3.63, 3.8) is 0 Å². The highest BCUT2D eigenvalue weighted by Crippen LogP contribution is 2.20. The van der Waals surface area contributed by atoms with Crippen LogP contribution in [-0.4, -0.2) is 42.0 Å². The lowest BCUT2D eigenvalue weighted by Crippen LogP contribution is -2.49. The average Bonchev–Trinajstić information content (AvgIpc) is 2.76. The fraction of sp³-hybridized carbons (Fsp3) is 0.182. The smallest absolute Gasteiger partial charge is 0.272 e. The molecular formula is C22H21ClN4O. The highest BCUT2D eigenvalue weighted by molar-refractivity contribution is 6.30. The maximum absolute atomic E-state index is 12.9. The van der Waals surface area contributed by atoms with Gasteiger partial charge in [0.1, 0.15) is 5.69 Å². The second-order valence-corrected chi connectivity index (χ2v) is 7.11. The van der Waals surface area contributed by atoms with Crippen LogP contribution in [0.1, 0.15) is 10.5 Å². The van der Waals surface area contributed by atoms with Crippen molar-refractivity contribution in [2.75, 3.05) is 36.4 Å². The van der Waals surface area contributed by atoms with Crippen molar-refractivity contribution in [2.45, 2.75) is 0 Å². The Hall–Kier alpha value is -3.05. The number of amides is 1. The fourth-order valence-electron chi connectivity index (χ4n) is 3.29. The van der Waals surface area contributed by atoms with Crippen molar-refractivity contribution in [3.05, 3.63) is 83.6 Å². The van der Waals surface area contributed by atoms with Gasteiger partial charge in [-0.05, 0) is 48.5 Å². The minimum Gasteiger partial charge on any atom is -0.368 e. The molecule has 28 heavy (non-hydrogen) atoms. The van der Waals surface area contributed by atoms with E-state index in [2.05, 4.69) is 27.3 Å².